The molecule has 0 saturated heterocycles. The smallest absolute Gasteiger partial charge is 0.0722 e. The first-order chi connectivity index (χ1) is 8.79. The summed E-state index contributed by atoms with van der Waals surface area (Å²) in [5, 5.41) is 0. The topological polar surface area (TPSA) is 38.4 Å². The van der Waals surface area contributed by atoms with Crippen molar-refractivity contribution >= 4 is 17.6 Å². The molecule has 0 radical (unpaired) electrons. The number of nitrogens with zero attached hydrogens (tertiary/aromatic N) is 1. The minimum Gasteiger partial charge on any atom is -0.398 e. The third kappa shape index (κ3) is 4.42. The van der Waals surface area contributed by atoms with Gasteiger partial charge >= 0.3 is 0 Å². The molecule has 0 atom stereocenters. The van der Waals surface area contributed by atoms with Gasteiger partial charge in [-0.25, -0.2) is 0 Å². The van der Waals surface area contributed by atoms with E-state index in [0.29, 0.717) is 0 Å². The highest BCUT2D eigenvalue weighted by atomic mass is 14.7. The lowest BCUT2D eigenvalue weighted by atomic mass is 10.1. The van der Waals surface area contributed by atoms with Crippen molar-refractivity contribution in [3.63, 3.8) is 0 Å². The highest BCUT2D eigenvalue weighted by Gasteiger charge is 2.01. The monoisotopic (exact) mass is 240 g/mol. The molecular formula is C16H20N2. The molecular weight excluding hydrogens is 220 g/mol. The molecule has 0 amide bonds. The molecule has 2 heteroatoms. The zero-order valence-corrected chi connectivity index (χ0v) is 11.0. The van der Waals surface area contributed by atoms with Gasteiger partial charge in [0.25, 0.3) is 0 Å². The summed E-state index contributed by atoms with van der Waals surface area (Å²) in [4.78, 5) is 4.39. The van der Waals surface area contributed by atoms with Crippen molar-refractivity contribution in [2.45, 2.75) is 20.3 Å². The maximum atomic E-state index is 6.06. The molecule has 2 N–H and O–H groups in total. The maximum Gasteiger partial charge on any atom is 0.0722 e. The average Bonchev–Trinajstić information content (AvgIpc) is 2.40. The van der Waals surface area contributed by atoms with Crippen LogP contribution in [0.2, 0.25) is 0 Å². The summed E-state index contributed by atoms with van der Waals surface area (Å²) in [5.41, 5.74) is 8.63. The fraction of sp³-hybridized carbons (Fsp3) is 0.188. The minimum atomic E-state index is 0.730. The van der Waals surface area contributed by atoms with E-state index in [9.17, 15) is 0 Å². The number of benzene rings is 1. The quantitative estimate of drug-likeness (QED) is 0.607. The second-order valence-corrected chi connectivity index (χ2v) is 3.78. The molecule has 1 aromatic carbocycles. The maximum absolute atomic E-state index is 6.06. The molecule has 0 saturated carbocycles. The predicted octanol–water partition coefficient (Wildman–Crippen LogP) is 4.23. The number of nitrogens with two attached hydrogens (primary N) is 1. The molecule has 0 aliphatic heterocycles. The van der Waals surface area contributed by atoms with Crippen molar-refractivity contribution in [1.29, 1.82) is 0 Å². The first kappa shape index (κ1) is 14.0. The van der Waals surface area contributed by atoms with Crippen LogP contribution in [0.4, 0.5) is 5.69 Å². The summed E-state index contributed by atoms with van der Waals surface area (Å²) in [6, 6.07) is 7.86. The van der Waals surface area contributed by atoms with Crippen molar-refractivity contribution in [2.75, 3.05) is 0 Å². The number of allylic oxidation sites excluding steroid dienone is 5. The molecule has 94 valence electrons. The second kappa shape index (κ2) is 8.07. The van der Waals surface area contributed by atoms with Crippen molar-refractivity contribution in [1.82, 2.24) is 0 Å². The van der Waals surface area contributed by atoms with Gasteiger partial charge in [-0.3, -0.25) is 4.99 Å². The van der Waals surface area contributed by atoms with Crippen LogP contribution in [0, 0.1) is 0 Å². The fourth-order valence-corrected chi connectivity index (χ4v) is 1.44. The molecule has 1 aromatic rings. The molecule has 0 unspecified atom stereocenters. The number of hydrogen-bond acceptors (Lipinski definition) is 2. The summed E-state index contributed by atoms with van der Waals surface area (Å²) < 4.78 is 0. The molecule has 0 bridgehead atoms. The van der Waals surface area contributed by atoms with Gasteiger partial charge in [-0.1, -0.05) is 43.4 Å². The normalized spacial score (nSPS) is 13.1. The lowest BCUT2D eigenvalue weighted by molar-refractivity contribution is 1.22. The van der Waals surface area contributed by atoms with E-state index in [1.807, 2.05) is 55.5 Å². The Kier molecular flexibility index (Phi) is 6.26. The van der Waals surface area contributed by atoms with Crippen molar-refractivity contribution in [2.24, 2.45) is 10.7 Å². The van der Waals surface area contributed by atoms with E-state index < -0.39 is 0 Å². The van der Waals surface area contributed by atoms with E-state index >= 15 is 0 Å². The van der Waals surface area contributed by atoms with Gasteiger partial charge < -0.3 is 5.73 Å². The Morgan fingerprint density at radius 3 is 2.78 bits per heavy atom. The Labute approximate surface area is 109 Å². The van der Waals surface area contributed by atoms with Crippen LogP contribution in [-0.2, 0) is 0 Å². The van der Waals surface area contributed by atoms with E-state index in [1.54, 1.807) is 6.21 Å². The molecule has 1 rings (SSSR count). The van der Waals surface area contributed by atoms with Crippen LogP contribution in [0.3, 0.4) is 0 Å². The standard InChI is InChI=1S/C16H20N2/c1-3-5-7-11-15(17)14-10-8-9-12-16(14)18-13-6-4-2/h4-13H,3,17H2,1-2H3/b6-4-,7-5-,15-11-,18-13?. The van der Waals surface area contributed by atoms with Crippen molar-refractivity contribution in [3.05, 3.63) is 60.2 Å². The van der Waals surface area contributed by atoms with E-state index in [-0.39, 0.29) is 0 Å². The van der Waals surface area contributed by atoms with E-state index in [4.69, 9.17) is 5.73 Å². The van der Waals surface area contributed by atoms with E-state index in [1.165, 1.54) is 0 Å². The summed E-state index contributed by atoms with van der Waals surface area (Å²) >= 11 is 0. The lowest BCUT2D eigenvalue weighted by Gasteiger charge is -2.04. The van der Waals surface area contributed by atoms with Gasteiger partial charge in [0.15, 0.2) is 0 Å². The number of hydrogen-bond donors (Lipinski definition) is 1. The molecule has 0 aliphatic rings. The lowest BCUT2D eigenvalue weighted by Crippen LogP contribution is -1.95. The fourth-order valence-electron chi connectivity index (χ4n) is 1.44. The summed E-state index contributed by atoms with van der Waals surface area (Å²) in [6.45, 7) is 4.05. The van der Waals surface area contributed by atoms with Gasteiger partial charge in [0.1, 0.15) is 0 Å². The summed E-state index contributed by atoms with van der Waals surface area (Å²) in [6.07, 6.45) is 12.6. The molecule has 0 heterocycles. The van der Waals surface area contributed by atoms with E-state index in [2.05, 4.69) is 18.0 Å². The number of rotatable bonds is 5. The van der Waals surface area contributed by atoms with Crippen LogP contribution < -0.4 is 5.73 Å². The van der Waals surface area contributed by atoms with Crippen molar-refractivity contribution < 1.29 is 0 Å². The zero-order valence-electron chi connectivity index (χ0n) is 11.0. The van der Waals surface area contributed by atoms with Gasteiger partial charge in [-0.05, 0) is 31.6 Å². The average molecular weight is 240 g/mol. The Balaban J connectivity index is 3.01. The summed E-state index contributed by atoms with van der Waals surface area (Å²) in [5.74, 6) is 0. The zero-order chi connectivity index (χ0) is 13.2. The molecule has 0 spiro atoms. The Hall–Kier alpha value is -2.09. The van der Waals surface area contributed by atoms with E-state index in [0.717, 1.165) is 23.4 Å². The number of aliphatic imine (C=N–C) groups is 1. The largest absolute Gasteiger partial charge is 0.398 e. The first-order valence-corrected chi connectivity index (χ1v) is 6.16. The van der Waals surface area contributed by atoms with Crippen LogP contribution in [0.5, 0.6) is 0 Å². The predicted molar refractivity (Wildman–Crippen MR) is 81.0 cm³/mol. The van der Waals surface area contributed by atoms with Crippen LogP contribution >= 0.6 is 0 Å². The Morgan fingerprint density at radius 1 is 1.28 bits per heavy atom. The van der Waals surface area contributed by atoms with Gasteiger partial charge in [0.05, 0.1) is 5.69 Å². The van der Waals surface area contributed by atoms with Gasteiger partial charge in [-0.2, -0.15) is 0 Å². The van der Waals surface area contributed by atoms with Crippen LogP contribution in [0.15, 0.2) is 59.6 Å². The second-order valence-electron chi connectivity index (χ2n) is 3.78. The molecule has 2 nitrogen and oxygen atoms in total. The number of para-hydroxylation sites is 1. The molecule has 0 fully saturated rings. The van der Waals surface area contributed by atoms with Gasteiger partial charge in [0.2, 0.25) is 0 Å². The van der Waals surface area contributed by atoms with Crippen LogP contribution in [-0.4, -0.2) is 6.21 Å². The first-order valence-electron chi connectivity index (χ1n) is 6.16. The van der Waals surface area contributed by atoms with Gasteiger partial charge in [0, 0.05) is 17.5 Å². The third-order valence-corrected chi connectivity index (χ3v) is 2.35. The highest BCUT2D eigenvalue weighted by Crippen LogP contribution is 2.23. The third-order valence-electron chi connectivity index (χ3n) is 2.35. The minimum absolute atomic E-state index is 0.730. The Bertz CT molecular complexity index is 480. The van der Waals surface area contributed by atoms with Crippen molar-refractivity contribution in [3.8, 4) is 0 Å². The van der Waals surface area contributed by atoms with Gasteiger partial charge in [-0.15, -0.1) is 0 Å². The highest BCUT2D eigenvalue weighted by molar-refractivity contribution is 5.80. The molecule has 0 aromatic heterocycles. The van der Waals surface area contributed by atoms with Crippen LogP contribution in [0.25, 0.3) is 5.70 Å². The molecule has 18 heavy (non-hydrogen) atoms. The SMILES string of the molecule is C/C=C\C=Nc1ccccc1/C(N)=C/C=C\CC. The van der Waals surface area contributed by atoms with Crippen LogP contribution in [0.1, 0.15) is 25.8 Å². The Morgan fingerprint density at radius 2 is 2.06 bits per heavy atom. The molecule has 0 aliphatic carbocycles. The summed E-state index contributed by atoms with van der Waals surface area (Å²) in [7, 11) is 0.